The van der Waals surface area contributed by atoms with Crippen LogP contribution < -0.4 is 10.6 Å². The molecule has 3 aliphatic carbocycles. The van der Waals surface area contributed by atoms with Crippen LogP contribution in [0.15, 0.2) is 41.8 Å². The number of Topliss-reactive ketones (excluding diaryl/α,β-unsaturated/α-hetero) is 1. The van der Waals surface area contributed by atoms with Crippen molar-refractivity contribution in [2.24, 2.45) is 34.0 Å². The Morgan fingerprint density at radius 3 is 2.71 bits per heavy atom. The summed E-state index contributed by atoms with van der Waals surface area (Å²) in [5.41, 5.74) is -0.767. The van der Waals surface area contributed by atoms with Gasteiger partial charge in [-0.1, -0.05) is 46.3 Å². The molecule has 1 aliphatic heterocycles. The molecule has 7 nitrogen and oxygen atoms in total. The quantitative estimate of drug-likeness (QED) is 0.209. The third kappa shape index (κ3) is 5.48. The summed E-state index contributed by atoms with van der Waals surface area (Å²) >= 11 is 1.37. The Balaban J connectivity index is 1.33. The fourth-order valence-corrected chi connectivity index (χ4v) is 9.54. The van der Waals surface area contributed by atoms with E-state index in [-0.39, 0.29) is 52.6 Å². The minimum absolute atomic E-state index is 0.0327. The van der Waals surface area contributed by atoms with E-state index >= 15 is 0 Å². The van der Waals surface area contributed by atoms with Crippen molar-refractivity contribution in [1.82, 2.24) is 5.32 Å². The summed E-state index contributed by atoms with van der Waals surface area (Å²) in [6, 6.07) is 7.36. The minimum atomic E-state index is -0.682. The molecule has 2 bridgehead atoms. The highest BCUT2D eigenvalue weighted by Gasteiger charge is 2.68. The van der Waals surface area contributed by atoms with Gasteiger partial charge in [-0.3, -0.25) is 14.4 Å². The Kier molecular flexibility index (Phi) is 9.00. The zero-order valence-electron chi connectivity index (χ0n) is 25.6. The Morgan fingerprint density at radius 1 is 1.21 bits per heavy atom. The van der Waals surface area contributed by atoms with Crippen molar-refractivity contribution >= 4 is 35.1 Å². The predicted octanol–water partition coefficient (Wildman–Crippen LogP) is 5.77. The van der Waals surface area contributed by atoms with E-state index in [9.17, 15) is 19.5 Å². The highest BCUT2D eigenvalue weighted by molar-refractivity contribution is 8.00. The van der Waals surface area contributed by atoms with Crippen molar-refractivity contribution in [3.63, 3.8) is 0 Å². The maximum atomic E-state index is 13.6. The largest absolute Gasteiger partial charge is 0.461 e. The summed E-state index contributed by atoms with van der Waals surface area (Å²) in [6.45, 7) is 13.4. The van der Waals surface area contributed by atoms with Gasteiger partial charge in [-0.15, -0.1) is 18.3 Å². The molecule has 1 unspecified atom stereocenters. The van der Waals surface area contributed by atoms with Crippen molar-refractivity contribution in [1.29, 1.82) is 0 Å². The van der Waals surface area contributed by atoms with Gasteiger partial charge in [0.2, 0.25) is 5.91 Å². The number of ketones is 1. The summed E-state index contributed by atoms with van der Waals surface area (Å²) in [6.07, 6.45) is 7.17. The molecule has 230 valence electrons. The second kappa shape index (κ2) is 12.1. The van der Waals surface area contributed by atoms with E-state index in [0.29, 0.717) is 18.5 Å². The highest BCUT2D eigenvalue weighted by Crippen LogP contribution is 2.68. The number of benzene rings is 1. The van der Waals surface area contributed by atoms with E-state index in [1.54, 1.807) is 0 Å². The monoisotopic (exact) mass is 596 g/mol. The first kappa shape index (κ1) is 31.3. The number of aliphatic hydroxyl groups is 1. The van der Waals surface area contributed by atoms with Crippen molar-refractivity contribution in [2.75, 3.05) is 17.6 Å². The van der Waals surface area contributed by atoms with Crippen LogP contribution in [0.5, 0.6) is 0 Å². The van der Waals surface area contributed by atoms with Gasteiger partial charge in [0.1, 0.15) is 11.9 Å². The van der Waals surface area contributed by atoms with E-state index in [1.807, 2.05) is 37.3 Å². The van der Waals surface area contributed by atoms with Crippen molar-refractivity contribution in [3.05, 3.63) is 36.9 Å². The van der Waals surface area contributed by atoms with E-state index in [4.69, 9.17) is 4.74 Å². The van der Waals surface area contributed by atoms with Crippen LogP contribution in [0, 0.1) is 34.0 Å². The van der Waals surface area contributed by atoms with Crippen LogP contribution in [0.2, 0.25) is 0 Å². The number of thioether (sulfide) groups is 1. The van der Waals surface area contributed by atoms with Gasteiger partial charge in [-0.05, 0) is 80.5 Å². The van der Waals surface area contributed by atoms with Gasteiger partial charge in [0.15, 0.2) is 0 Å². The minimum Gasteiger partial charge on any atom is -0.461 e. The Hall–Kier alpha value is -2.16. The molecular weight excluding hydrogens is 548 g/mol. The number of rotatable bonds is 7. The van der Waals surface area contributed by atoms with Gasteiger partial charge >= 0.3 is 5.97 Å². The first-order valence-corrected chi connectivity index (χ1v) is 16.7. The molecular formula is C34H48N2O5S. The molecule has 0 aromatic heterocycles. The molecule has 42 heavy (non-hydrogen) atoms. The number of piperidine rings is 1. The van der Waals surface area contributed by atoms with Gasteiger partial charge < -0.3 is 20.5 Å². The summed E-state index contributed by atoms with van der Waals surface area (Å²) in [7, 11) is 0. The Bertz CT molecular complexity index is 1220. The molecule has 4 aliphatic rings. The number of carbonyl (C=O) groups is 3. The van der Waals surface area contributed by atoms with Crippen LogP contribution in [0.4, 0.5) is 5.69 Å². The van der Waals surface area contributed by atoms with Crippen LogP contribution in [-0.2, 0) is 19.1 Å². The number of hydrogen-bond acceptors (Lipinski definition) is 7. The van der Waals surface area contributed by atoms with E-state index < -0.39 is 23.0 Å². The average Bonchev–Trinajstić information content (AvgIpc) is 3.35. The topological polar surface area (TPSA) is 105 Å². The number of esters is 1. The maximum absolute atomic E-state index is 13.6. The molecule has 4 fully saturated rings. The van der Waals surface area contributed by atoms with Gasteiger partial charge in [-0.25, -0.2) is 0 Å². The summed E-state index contributed by atoms with van der Waals surface area (Å²) in [5, 5.41) is 18.0. The second-order valence-corrected chi connectivity index (χ2v) is 14.9. The highest BCUT2D eigenvalue weighted by atomic mass is 32.2. The third-order valence-electron chi connectivity index (χ3n) is 11.7. The lowest BCUT2D eigenvalue weighted by Crippen LogP contribution is -2.63. The van der Waals surface area contributed by atoms with Crippen molar-refractivity contribution in [3.8, 4) is 0 Å². The molecule has 1 aromatic rings. The molecule has 0 radical (unpaired) electrons. The molecule has 1 aromatic carbocycles. The van der Waals surface area contributed by atoms with E-state index in [0.717, 1.165) is 50.0 Å². The fraction of sp³-hybridized carbons (Fsp3) is 0.676. The van der Waals surface area contributed by atoms with Crippen LogP contribution in [0.25, 0.3) is 0 Å². The summed E-state index contributed by atoms with van der Waals surface area (Å²) in [5.74, 6) is -0.114. The molecule has 1 amide bonds. The zero-order chi connectivity index (χ0) is 30.3. The zero-order valence-corrected chi connectivity index (χ0v) is 26.4. The summed E-state index contributed by atoms with van der Waals surface area (Å²) < 4.78 is 6.37. The number of aliphatic hydroxyl groups excluding tert-OH is 1. The standard InChI is InChI=1S/C34H48N2O5S/c1-6-32(4)19-27(33(5)21(2)13-15-34(22(3)30(32)39)16-14-26(37)29(33)34)41-28(38)20-42-24-11-9-10-23(18-24)36-31(40)25-12-7-8-17-35-25/h6,9-11,18,21-22,25,27,29-30,35,39H,1,7-8,12-17,19-20H2,2-5H3,(H,36,40)/t21-,22+,25?,27-,29+,30+,32-,33+,34+/m1/s1. The van der Waals surface area contributed by atoms with Crippen LogP contribution >= 0.6 is 11.8 Å². The normalized spacial score (nSPS) is 39.9. The van der Waals surface area contributed by atoms with Gasteiger partial charge in [0.05, 0.1) is 17.9 Å². The number of amides is 1. The number of anilines is 1. The number of carbonyl (C=O) groups excluding carboxylic acids is 3. The molecule has 8 heteroatoms. The smallest absolute Gasteiger partial charge is 0.316 e. The SMILES string of the molecule is C=C[C@]1(C)C[C@@H](OC(=O)CSc2cccc(NC(=O)C3CCCCN3)c2)[C@]2(C)[C@H](C)CC[C@]3(CCC(=O)[C@H]32)[C@@H](C)[C@@H]1O. The third-order valence-corrected chi connectivity index (χ3v) is 12.6. The molecule has 3 N–H and O–H groups in total. The molecule has 5 rings (SSSR count). The fourth-order valence-electron chi connectivity index (χ4n) is 8.80. The Labute approximate surface area is 255 Å². The predicted molar refractivity (Wildman–Crippen MR) is 166 cm³/mol. The lowest BCUT2D eigenvalue weighted by molar-refractivity contribution is -0.205. The average molecular weight is 597 g/mol. The van der Waals surface area contributed by atoms with Crippen molar-refractivity contribution < 1.29 is 24.2 Å². The first-order valence-electron chi connectivity index (χ1n) is 15.8. The van der Waals surface area contributed by atoms with Crippen LogP contribution in [0.1, 0.15) is 79.1 Å². The first-order chi connectivity index (χ1) is 19.9. The molecule has 0 spiro atoms. The Morgan fingerprint density at radius 2 is 2.00 bits per heavy atom. The van der Waals surface area contributed by atoms with Gasteiger partial charge in [-0.2, -0.15) is 0 Å². The van der Waals surface area contributed by atoms with E-state index in [1.165, 1.54) is 11.8 Å². The molecule has 3 saturated carbocycles. The maximum Gasteiger partial charge on any atom is 0.316 e. The molecule has 9 atom stereocenters. The van der Waals surface area contributed by atoms with Crippen LogP contribution in [0.3, 0.4) is 0 Å². The van der Waals surface area contributed by atoms with E-state index in [2.05, 4.69) is 38.0 Å². The second-order valence-electron chi connectivity index (χ2n) is 13.9. The van der Waals surface area contributed by atoms with Gasteiger partial charge in [0, 0.05) is 33.8 Å². The van der Waals surface area contributed by atoms with Gasteiger partial charge in [0.25, 0.3) is 0 Å². The summed E-state index contributed by atoms with van der Waals surface area (Å²) in [4.78, 5) is 40.6. The lowest BCUT2D eigenvalue weighted by Gasteiger charge is -2.61. The number of nitrogens with one attached hydrogen (secondary N) is 2. The number of hydrogen-bond donors (Lipinski definition) is 3. The van der Waals surface area contributed by atoms with Crippen molar-refractivity contribution in [2.45, 2.75) is 102 Å². The number of ether oxygens (including phenoxy) is 1. The lowest BCUT2D eigenvalue weighted by atomic mass is 9.44. The van der Waals surface area contributed by atoms with Crippen LogP contribution in [-0.4, -0.2) is 53.3 Å². The molecule has 1 heterocycles. The molecule has 1 saturated heterocycles.